The van der Waals surface area contributed by atoms with Gasteiger partial charge in [-0.1, -0.05) is 30.0 Å². The summed E-state index contributed by atoms with van der Waals surface area (Å²) in [5.41, 5.74) is 4.46. The summed E-state index contributed by atoms with van der Waals surface area (Å²) in [6, 6.07) is 14.2. The molecule has 5 rings (SSSR count). The van der Waals surface area contributed by atoms with E-state index >= 15 is 0 Å². The highest BCUT2D eigenvalue weighted by atomic mass is 32.2. The van der Waals surface area contributed by atoms with Crippen molar-refractivity contribution < 1.29 is 9.18 Å². The zero-order valence-electron chi connectivity index (χ0n) is 17.0. The minimum Gasteiger partial charge on any atom is -0.311 e. The molecule has 1 amide bonds. The standard InChI is InChI=1S/C23H20FN5OS/c1-15-19-13-25-29(18-10-8-17(24)9-11-18)22(19)23(27-26-15)31-14-21(30)28-12-4-6-16-5-2-3-7-20(16)28/h2-3,5,7-11,13H,4,6,12,14H2,1H3. The molecule has 0 radical (unpaired) electrons. The summed E-state index contributed by atoms with van der Waals surface area (Å²) in [7, 11) is 0. The number of aromatic nitrogens is 4. The lowest BCUT2D eigenvalue weighted by atomic mass is 10.0. The van der Waals surface area contributed by atoms with E-state index in [1.54, 1.807) is 23.0 Å². The minimum atomic E-state index is -0.307. The Morgan fingerprint density at radius 3 is 2.77 bits per heavy atom. The first-order chi connectivity index (χ1) is 15.1. The van der Waals surface area contributed by atoms with Gasteiger partial charge in [-0.25, -0.2) is 9.07 Å². The van der Waals surface area contributed by atoms with Crippen LogP contribution in [0.3, 0.4) is 0 Å². The lowest BCUT2D eigenvalue weighted by Gasteiger charge is -2.29. The molecule has 1 aliphatic rings. The summed E-state index contributed by atoms with van der Waals surface area (Å²) in [4.78, 5) is 14.9. The van der Waals surface area contributed by atoms with E-state index in [0.29, 0.717) is 5.03 Å². The van der Waals surface area contributed by atoms with Crippen LogP contribution in [0.5, 0.6) is 0 Å². The summed E-state index contributed by atoms with van der Waals surface area (Å²) in [6.07, 6.45) is 3.68. The summed E-state index contributed by atoms with van der Waals surface area (Å²) in [5, 5.41) is 14.6. The van der Waals surface area contributed by atoms with Crippen LogP contribution in [-0.2, 0) is 11.2 Å². The van der Waals surface area contributed by atoms with Crippen molar-refractivity contribution in [2.24, 2.45) is 0 Å². The molecule has 4 aromatic rings. The van der Waals surface area contributed by atoms with Gasteiger partial charge in [-0.15, -0.1) is 5.10 Å². The number of fused-ring (bicyclic) bond motifs is 2. The Labute approximate surface area is 183 Å². The number of amides is 1. The normalized spacial score (nSPS) is 13.4. The maximum absolute atomic E-state index is 13.4. The molecule has 2 aromatic carbocycles. The van der Waals surface area contributed by atoms with Crippen LogP contribution in [0, 0.1) is 12.7 Å². The molecule has 0 unspecified atom stereocenters. The van der Waals surface area contributed by atoms with Crippen molar-refractivity contribution in [1.29, 1.82) is 0 Å². The number of anilines is 1. The van der Waals surface area contributed by atoms with Crippen molar-refractivity contribution in [3.05, 3.63) is 71.8 Å². The summed E-state index contributed by atoms with van der Waals surface area (Å²) < 4.78 is 15.1. The van der Waals surface area contributed by atoms with Crippen molar-refractivity contribution in [3.63, 3.8) is 0 Å². The molecule has 0 atom stereocenters. The van der Waals surface area contributed by atoms with E-state index in [1.165, 1.54) is 29.5 Å². The molecule has 2 aromatic heterocycles. The lowest BCUT2D eigenvalue weighted by molar-refractivity contribution is -0.116. The van der Waals surface area contributed by atoms with Gasteiger partial charge >= 0.3 is 0 Å². The molecule has 0 bridgehead atoms. The zero-order valence-corrected chi connectivity index (χ0v) is 17.8. The number of hydrogen-bond donors (Lipinski definition) is 0. The van der Waals surface area contributed by atoms with Crippen molar-refractivity contribution in [3.8, 4) is 5.69 Å². The molecule has 3 heterocycles. The fourth-order valence-electron chi connectivity index (χ4n) is 3.92. The Morgan fingerprint density at radius 2 is 1.94 bits per heavy atom. The average molecular weight is 434 g/mol. The van der Waals surface area contributed by atoms with Crippen LogP contribution in [0.25, 0.3) is 16.6 Å². The first kappa shape index (κ1) is 19.7. The van der Waals surface area contributed by atoms with Crippen molar-refractivity contribution in [2.45, 2.75) is 24.8 Å². The highest BCUT2D eigenvalue weighted by Gasteiger charge is 2.23. The van der Waals surface area contributed by atoms with Crippen LogP contribution >= 0.6 is 11.8 Å². The second-order valence-corrected chi connectivity index (χ2v) is 8.42. The largest absolute Gasteiger partial charge is 0.311 e. The molecule has 0 N–H and O–H groups in total. The highest BCUT2D eigenvalue weighted by Crippen LogP contribution is 2.31. The smallest absolute Gasteiger partial charge is 0.237 e. The maximum Gasteiger partial charge on any atom is 0.237 e. The third kappa shape index (κ3) is 3.67. The number of hydrogen-bond acceptors (Lipinski definition) is 5. The SMILES string of the molecule is Cc1nnc(SCC(=O)N2CCCc3ccccc32)c2c1cnn2-c1ccc(F)cc1. The topological polar surface area (TPSA) is 63.9 Å². The quantitative estimate of drug-likeness (QED) is 0.448. The van der Waals surface area contributed by atoms with Gasteiger partial charge in [-0.2, -0.15) is 10.2 Å². The van der Waals surface area contributed by atoms with Crippen LogP contribution < -0.4 is 4.90 Å². The average Bonchev–Trinajstić information content (AvgIpc) is 3.25. The first-order valence-electron chi connectivity index (χ1n) is 10.1. The molecule has 0 aliphatic carbocycles. The third-order valence-corrected chi connectivity index (χ3v) is 6.41. The molecule has 6 nitrogen and oxygen atoms in total. The second-order valence-electron chi connectivity index (χ2n) is 7.45. The van der Waals surface area contributed by atoms with Gasteiger partial charge in [0.05, 0.1) is 23.3 Å². The van der Waals surface area contributed by atoms with Crippen molar-refractivity contribution in [2.75, 3.05) is 17.2 Å². The van der Waals surface area contributed by atoms with Crippen molar-refractivity contribution in [1.82, 2.24) is 20.0 Å². The number of thioether (sulfide) groups is 1. The molecule has 1 aliphatic heterocycles. The van der Waals surface area contributed by atoms with Gasteiger partial charge in [-0.3, -0.25) is 4.79 Å². The molecule has 0 saturated heterocycles. The second kappa shape index (κ2) is 8.11. The van der Waals surface area contributed by atoms with E-state index in [-0.39, 0.29) is 17.5 Å². The lowest BCUT2D eigenvalue weighted by Crippen LogP contribution is -2.36. The van der Waals surface area contributed by atoms with E-state index in [4.69, 9.17) is 0 Å². The molecule has 8 heteroatoms. The molecule has 0 spiro atoms. The first-order valence-corrected chi connectivity index (χ1v) is 11.1. The Bertz CT molecular complexity index is 1270. The fourth-order valence-corrected chi connectivity index (χ4v) is 4.76. The number of carbonyl (C=O) groups is 1. The maximum atomic E-state index is 13.4. The van der Waals surface area contributed by atoms with E-state index in [1.807, 2.05) is 30.0 Å². The van der Waals surface area contributed by atoms with E-state index in [9.17, 15) is 9.18 Å². The number of rotatable bonds is 4. The van der Waals surface area contributed by atoms with E-state index in [0.717, 1.165) is 47.4 Å². The molecule has 31 heavy (non-hydrogen) atoms. The minimum absolute atomic E-state index is 0.0422. The number of carbonyl (C=O) groups excluding carboxylic acids is 1. The highest BCUT2D eigenvalue weighted by molar-refractivity contribution is 8.00. The number of halogens is 1. The van der Waals surface area contributed by atoms with Gasteiger partial charge in [0.1, 0.15) is 16.4 Å². The molecule has 0 fully saturated rings. The fraction of sp³-hybridized carbons (Fsp3) is 0.217. The van der Waals surface area contributed by atoms with Gasteiger partial charge in [-0.05, 0) is 55.7 Å². The number of para-hydroxylation sites is 1. The van der Waals surface area contributed by atoms with Gasteiger partial charge in [0.2, 0.25) is 5.91 Å². The zero-order chi connectivity index (χ0) is 21.4. The van der Waals surface area contributed by atoms with Crippen LogP contribution in [0.15, 0.2) is 59.8 Å². The van der Waals surface area contributed by atoms with Crippen LogP contribution in [0.4, 0.5) is 10.1 Å². The Balaban J connectivity index is 1.45. The summed E-state index contributed by atoms with van der Waals surface area (Å²) in [5.74, 6) is -0.0193. The monoisotopic (exact) mass is 433 g/mol. The van der Waals surface area contributed by atoms with Gasteiger partial charge in [0, 0.05) is 17.6 Å². The summed E-state index contributed by atoms with van der Waals surface area (Å²) >= 11 is 1.35. The van der Waals surface area contributed by atoms with Gasteiger partial charge in [0.25, 0.3) is 0 Å². The Hall–Kier alpha value is -3.26. The Kier molecular flexibility index (Phi) is 5.15. The predicted molar refractivity (Wildman–Crippen MR) is 119 cm³/mol. The molecular weight excluding hydrogens is 413 g/mol. The van der Waals surface area contributed by atoms with Gasteiger partial charge < -0.3 is 4.90 Å². The molecule has 0 saturated carbocycles. The summed E-state index contributed by atoms with van der Waals surface area (Å²) in [6.45, 7) is 2.59. The third-order valence-electron chi connectivity index (χ3n) is 5.47. The molecular formula is C23H20FN5OS. The van der Waals surface area contributed by atoms with E-state index in [2.05, 4.69) is 21.4 Å². The number of nitrogens with zero attached hydrogens (tertiary/aromatic N) is 5. The predicted octanol–water partition coefficient (Wildman–Crippen LogP) is 4.33. The molecule has 156 valence electrons. The number of benzene rings is 2. The van der Waals surface area contributed by atoms with E-state index < -0.39 is 0 Å². The van der Waals surface area contributed by atoms with Crippen molar-refractivity contribution >= 4 is 34.3 Å². The Morgan fingerprint density at radius 1 is 1.13 bits per heavy atom. The number of aryl methyl sites for hydroxylation is 2. The van der Waals surface area contributed by atoms with Crippen LogP contribution in [-0.4, -0.2) is 38.2 Å². The van der Waals surface area contributed by atoms with Crippen LogP contribution in [0.2, 0.25) is 0 Å². The van der Waals surface area contributed by atoms with Crippen LogP contribution in [0.1, 0.15) is 17.7 Å². The van der Waals surface area contributed by atoms with Gasteiger partial charge in [0.15, 0.2) is 0 Å².